The number of nitrogen functional groups attached to an aromatic ring is 1. The molecule has 94 valence electrons. The molecule has 6 N–H and O–H groups in total. The van der Waals surface area contributed by atoms with Crippen molar-refractivity contribution in [2.75, 3.05) is 5.73 Å². The van der Waals surface area contributed by atoms with Crippen molar-refractivity contribution in [2.24, 2.45) is 5.73 Å². The number of hydrogen-bond donors (Lipinski definition) is 4. The molecule has 0 aliphatic heterocycles. The third-order valence-corrected chi connectivity index (χ3v) is 2.69. The molecule has 0 heterocycles. The Hall–Kier alpha value is -1.59. The first kappa shape index (κ1) is 13.5. The number of carbonyl (C=O) groups excluding carboxylic acids is 1. The average molecular weight is 238 g/mol. The molecule has 1 aromatic carbocycles. The number of rotatable bonds is 4. The van der Waals surface area contributed by atoms with Crippen molar-refractivity contribution in [3.63, 3.8) is 0 Å². The minimum absolute atomic E-state index is 0.257. The topological polar surface area (TPSA) is 110 Å². The summed E-state index contributed by atoms with van der Waals surface area (Å²) in [5.74, 6) is -0.723. The lowest BCUT2D eigenvalue weighted by Gasteiger charge is -2.18. The minimum Gasteiger partial charge on any atom is -0.398 e. The highest BCUT2D eigenvalue weighted by molar-refractivity contribution is 5.79. The Bertz CT molecular complexity index is 418. The molecule has 0 aromatic heterocycles. The monoisotopic (exact) mass is 238 g/mol. The third-order valence-electron chi connectivity index (χ3n) is 2.69. The predicted molar refractivity (Wildman–Crippen MR) is 65.1 cm³/mol. The average Bonchev–Trinajstić information content (AvgIpc) is 2.27. The van der Waals surface area contributed by atoms with Gasteiger partial charge in [0.1, 0.15) is 6.10 Å². The molecule has 0 spiro atoms. The maximum absolute atomic E-state index is 10.8. The van der Waals surface area contributed by atoms with Gasteiger partial charge >= 0.3 is 0 Å². The molecule has 5 heteroatoms. The van der Waals surface area contributed by atoms with Gasteiger partial charge in [-0.3, -0.25) is 4.79 Å². The van der Waals surface area contributed by atoms with Gasteiger partial charge in [-0.1, -0.05) is 26.0 Å². The van der Waals surface area contributed by atoms with E-state index in [4.69, 9.17) is 11.5 Å². The van der Waals surface area contributed by atoms with E-state index in [-0.39, 0.29) is 5.92 Å². The van der Waals surface area contributed by atoms with Crippen LogP contribution >= 0.6 is 0 Å². The minimum atomic E-state index is -1.65. The number of aliphatic hydroxyl groups is 2. The van der Waals surface area contributed by atoms with Gasteiger partial charge in [0.2, 0.25) is 5.91 Å². The maximum atomic E-state index is 10.8. The second kappa shape index (κ2) is 5.16. The van der Waals surface area contributed by atoms with E-state index in [2.05, 4.69) is 0 Å². The van der Waals surface area contributed by atoms with Gasteiger partial charge in [0.05, 0.1) is 0 Å². The van der Waals surface area contributed by atoms with Crippen LogP contribution in [0.2, 0.25) is 0 Å². The zero-order chi connectivity index (χ0) is 13.2. The standard InChI is InChI=1S/C12H18N2O3/c1-6(2)7-3-4-9(13)8(5-7)10(15)11(16)12(14)17/h3-6,10-11,15-16H,13H2,1-2H3,(H2,14,17). The summed E-state index contributed by atoms with van der Waals surface area (Å²) >= 11 is 0. The van der Waals surface area contributed by atoms with Gasteiger partial charge in [0, 0.05) is 11.3 Å². The van der Waals surface area contributed by atoms with E-state index in [0.717, 1.165) is 5.56 Å². The van der Waals surface area contributed by atoms with Crippen LogP contribution in [-0.2, 0) is 4.79 Å². The number of amides is 1. The molecule has 0 saturated heterocycles. The molecule has 0 fully saturated rings. The number of primary amides is 1. The normalized spacial score (nSPS) is 14.6. The molecule has 0 radical (unpaired) electrons. The second-order valence-corrected chi connectivity index (χ2v) is 4.34. The van der Waals surface area contributed by atoms with Crippen LogP contribution in [0, 0.1) is 0 Å². The van der Waals surface area contributed by atoms with Gasteiger partial charge in [-0.05, 0) is 17.5 Å². The maximum Gasteiger partial charge on any atom is 0.249 e. The van der Waals surface area contributed by atoms with Crippen molar-refractivity contribution < 1.29 is 15.0 Å². The van der Waals surface area contributed by atoms with E-state index in [9.17, 15) is 15.0 Å². The van der Waals surface area contributed by atoms with Crippen LogP contribution in [0.3, 0.4) is 0 Å². The summed E-state index contributed by atoms with van der Waals surface area (Å²) in [5.41, 5.74) is 12.2. The van der Waals surface area contributed by atoms with E-state index in [1.807, 2.05) is 19.9 Å². The van der Waals surface area contributed by atoms with Crippen LogP contribution in [0.4, 0.5) is 5.69 Å². The summed E-state index contributed by atoms with van der Waals surface area (Å²) in [5, 5.41) is 19.2. The first-order chi connectivity index (χ1) is 7.84. The molecule has 1 amide bonds. The van der Waals surface area contributed by atoms with Crippen LogP contribution in [0.25, 0.3) is 0 Å². The van der Waals surface area contributed by atoms with Gasteiger partial charge in [0.15, 0.2) is 6.10 Å². The fourth-order valence-electron chi connectivity index (χ4n) is 1.53. The van der Waals surface area contributed by atoms with Crippen LogP contribution in [-0.4, -0.2) is 22.2 Å². The van der Waals surface area contributed by atoms with E-state index < -0.39 is 18.1 Å². The van der Waals surface area contributed by atoms with Crippen LogP contribution in [0.1, 0.15) is 37.0 Å². The Morgan fingerprint density at radius 3 is 2.35 bits per heavy atom. The quantitative estimate of drug-likeness (QED) is 0.564. The first-order valence-corrected chi connectivity index (χ1v) is 5.39. The zero-order valence-corrected chi connectivity index (χ0v) is 9.92. The Balaban J connectivity index is 3.11. The van der Waals surface area contributed by atoms with Crippen molar-refractivity contribution in [2.45, 2.75) is 32.0 Å². The molecule has 0 saturated carbocycles. The molecule has 0 bridgehead atoms. The van der Waals surface area contributed by atoms with Gasteiger partial charge in [0.25, 0.3) is 0 Å². The molecular formula is C12H18N2O3. The van der Waals surface area contributed by atoms with Crippen molar-refractivity contribution in [1.82, 2.24) is 0 Å². The van der Waals surface area contributed by atoms with E-state index in [1.54, 1.807) is 12.1 Å². The number of anilines is 1. The molecule has 1 rings (SSSR count). The van der Waals surface area contributed by atoms with Crippen molar-refractivity contribution in [3.8, 4) is 0 Å². The highest BCUT2D eigenvalue weighted by atomic mass is 16.3. The Morgan fingerprint density at radius 2 is 1.88 bits per heavy atom. The highest BCUT2D eigenvalue weighted by Gasteiger charge is 2.25. The fraction of sp³-hybridized carbons (Fsp3) is 0.417. The zero-order valence-electron chi connectivity index (χ0n) is 9.92. The summed E-state index contributed by atoms with van der Waals surface area (Å²) in [6.07, 6.45) is -3.05. The molecule has 5 nitrogen and oxygen atoms in total. The molecule has 2 unspecified atom stereocenters. The van der Waals surface area contributed by atoms with Crippen molar-refractivity contribution in [1.29, 1.82) is 0 Å². The van der Waals surface area contributed by atoms with E-state index in [0.29, 0.717) is 11.3 Å². The summed E-state index contributed by atoms with van der Waals surface area (Å²) < 4.78 is 0. The number of nitrogens with two attached hydrogens (primary N) is 2. The number of hydrogen-bond acceptors (Lipinski definition) is 4. The number of aliphatic hydroxyl groups excluding tert-OH is 2. The second-order valence-electron chi connectivity index (χ2n) is 4.34. The number of benzene rings is 1. The SMILES string of the molecule is CC(C)c1ccc(N)c(C(O)C(O)C(N)=O)c1. The van der Waals surface area contributed by atoms with Gasteiger partial charge in [-0.25, -0.2) is 0 Å². The lowest BCUT2D eigenvalue weighted by molar-refractivity contribution is -0.131. The van der Waals surface area contributed by atoms with Crippen molar-refractivity contribution in [3.05, 3.63) is 29.3 Å². The van der Waals surface area contributed by atoms with Gasteiger partial charge in [-0.2, -0.15) is 0 Å². The molecular weight excluding hydrogens is 220 g/mol. The number of carbonyl (C=O) groups is 1. The summed E-state index contributed by atoms with van der Waals surface area (Å²) in [6.45, 7) is 3.98. The molecule has 0 aliphatic carbocycles. The predicted octanol–water partition coefficient (Wildman–Crippen LogP) is 0.272. The lowest BCUT2D eigenvalue weighted by atomic mass is 9.95. The van der Waals surface area contributed by atoms with Crippen molar-refractivity contribution >= 4 is 11.6 Å². The van der Waals surface area contributed by atoms with Gasteiger partial charge in [-0.15, -0.1) is 0 Å². The third kappa shape index (κ3) is 2.95. The van der Waals surface area contributed by atoms with E-state index in [1.165, 1.54) is 0 Å². The Morgan fingerprint density at radius 1 is 1.29 bits per heavy atom. The van der Waals surface area contributed by atoms with E-state index >= 15 is 0 Å². The molecule has 0 aliphatic rings. The fourth-order valence-corrected chi connectivity index (χ4v) is 1.53. The first-order valence-electron chi connectivity index (χ1n) is 5.39. The lowest BCUT2D eigenvalue weighted by Crippen LogP contribution is -2.34. The van der Waals surface area contributed by atoms with Gasteiger partial charge < -0.3 is 21.7 Å². The summed E-state index contributed by atoms with van der Waals surface area (Å²) in [7, 11) is 0. The molecule has 1 aromatic rings. The summed E-state index contributed by atoms with van der Waals surface area (Å²) in [4.78, 5) is 10.8. The van der Waals surface area contributed by atoms with Crippen LogP contribution in [0.15, 0.2) is 18.2 Å². The smallest absolute Gasteiger partial charge is 0.249 e. The summed E-state index contributed by atoms with van der Waals surface area (Å²) in [6, 6.07) is 5.16. The largest absolute Gasteiger partial charge is 0.398 e. The Kier molecular flexibility index (Phi) is 4.09. The highest BCUT2D eigenvalue weighted by Crippen LogP contribution is 2.27. The Labute approximate surface area is 100 Å². The van der Waals surface area contributed by atoms with Crippen LogP contribution < -0.4 is 11.5 Å². The molecule has 17 heavy (non-hydrogen) atoms. The van der Waals surface area contributed by atoms with Crippen LogP contribution in [0.5, 0.6) is 0 Å². The molecule has 2 atom stereocenters.